The minimum absolute atomic E-state index is 0.0179. The topological polar surface area (TPSA) is 66.9 Å². The molecule has 5 nitrogen and oxygen atoms in total. The molecular formula is C25H26N4OS. The lowest BCUT2D eigenvalue weighted by molar-refractivity contribution is -0.115. The highest BCUT2D eigenvalue weighted by atomic mass is 32.1. The van der Waals surface area contributed by atoms with Gasteiger partial charge in [-0.1, -0.05) is 62.4 Å². The summed E-state index contributed by atoms with van der Waals surface area (Å²) in [5, 5.41) is 7.42. The maximum Gasteiger partial charge on any atom is 0.226 e. The number of hydrogen-bond donors (Lipinski definition) is 2. The molecule has 0 radical (unpaired) electrons. The average Bonchev–Trinajstić information content (AvgIpc) is 3.11. The van der Waals surface area contributed by atoms with Crippen molar-refractivity contribution >= 4 is 39.0 Å². The van der Waals surface area contributed by atoms with Gasteiger partial charge in [0.2, 0.25) is 5.91 Å². The van der Waals surface area contributed by atoms with Gasteiger partial charge in [0.05, 0.1) is 5.39 Å². The molecule has 0 aliphatic carbocycles. The SMILES string of the molecule is Cc1sc2ncnc(NCCC(=O)Nc3ccccc3C(C)C)c2c1-c1ccccc1. The fourth-order valence-electron chi connectivity index (χ4n) is 3.75. The molecule has 2 aromatic heterocycles. The summed E-state index contributed by atoms with van der Waals surface area (Å²) in [5.41, 5.74) is 4.32. The van der Waals surface area contributed by atoms with E-state index in [9.17, 15) is 4.79 Å². The van der Waals surface area contributed by atoms with Crippen LogP contribution in [0.15, 0.2) is 60.9 Å². The Hall–Kier alpha value is -3.25. The maximum atomic E-state index is 12.6. The van der Waals surface area contributed by atoms with Gasteiger partial charge in [-0.2, -0.15) is 0 Å². The number of carbonyl (C=O) groups is 1. The highest BCUT2D eigenvalue weighted by Crippen LogP contribution is 2.40. The number of thiophene rings is 1. The number of amides is 1. The fraction of sp³-hybridized carbons (Fsp3) is 0.240. The number of carbonyl (C=O) groups excluding carboxylic acids is 1. The van der Waals surface area contributed by atoms with Crippen molar-refractivity contribution in [1.29, 1.82) is 0 Å². The van der Waals surface area contributed by atoms with Crippen LogP contribution in [0.5, 0.6) is 0 Å². The third-order valence-corrected chi connectivity index (χ3v) is 6.24. The average molecular weight is 431 g/mol. The van der Waals surface area contributed by atoms with Crippen LogP contribution in [-0.2, 0) is 4.79 Å². The van der Waals surface area contributed by atoms with Crippen molar-refractivity contribution in [1.82, 2.24) is 9.97 Å². The van der Waals surface area contributed by atoms with Crippen LogP contribution >= 0.6 is 11.3 Å². The second kappa shape index (κ2) is 9.27. The second-order valence-corrected chi connectivity index (χ2v) is 8.97. The number of aryl methyl sites for hydroxylation is 1. The van der Waals surface area contributed by atoms with E-state index in [2.05, 4.69) is 59.6 Å². The number of aromatic nitrogens is 2. The highest BCUT2D eigenvalue weighted by molar-refractivity contribution is 7.19. The molecule has 0 saturated carbocycles. The number of anilines is 2. The summed E-state index contributed by atoms with van der Waals surface area (Å²) in [6, 6.07) is 18.2. The monoisotopic (exact) mass is 430 g/mol. The Morgan fingerprint density at radius 2 is 1.77 bits per heavy atom. The van der Waals surface area contributed by atoms with Gasteiger partial charge in [0.1, 0.15) is 17.0 Å². The Morgan fingerprint density at radius 3 is 2.55 bits per heavy atom. The van der Waals surface area contributed by atoms with Gasteiger partial charge in [0.25, 0.3) is 0 Å². The van der Waals surface area contributed by atoms with Crippen LogP contribution in [0.2, 0.25) is 0 Å². The number of para-hydroxylation sites is 1. The van der Waals surface area contributed by atoms with E-state index < -0.39 is 0 Å². The molecule has 0 bridgehead atoms. The molecule has 0 unspecified atom stereocenters. The summed E-state index contributed by atoms with van der Waals surface area (Å²) in [6.45, 7) is 6.85. The highest BCUT2D eigenvalue weighted by Gasteiger charge is 2.17. The van der Waals surface area contributed by atoms with Crippen LogP contribution in [0, 0.1) is 6.92 Å². The third-order valence-electron chi connectivity index (χ3n) is 5.23. The minimum atomic E-state index is -0.0179. The van der Waals surface area contributed by atoms with Gasteiger partial charge in [-0.3, -0.25) is 4.79 Å². The molecule has 0 spiro atoms. The number of benzene rings is 2. The first-order chi connectivity index (χ1) is 15.0. The van der Waals surface area contributed by atoms with Crippen molar-refractivity contribution < 1.29 is 4.79 Å². The van der Waals surface area contributed by atoms with Crippen LogP contribution in [0.25, 0.3) is 21.3 Å². The molecule has 158 valence electrons. The van der Waals surface area contributed by atoms with E-state index in [0.717, 1.165) is 38.4 Å². The van der Waals surface area contributed by atoms with Gasteiger partial charge in [0, 0.05) is 29.1 Å². The van der Waals surface area contributed by atoms with Crippen molar-refractivity contribution in [2.45, 2.75) is 33.1 Å². The number of nitrogens with one attached hydrogen (secondary N) is 2. The van der Waals surface area contributed by atoms with E-state index in [1.54, 1.807) is 17.7 Å². The van der Waals surface area contributed by atoms with Gasteiger partial charge in [-0.25, -0.2) is 9.97 Å². The molecule has 31 heavy (non-hydrogen) atoms. The van der Waals surface area contributed by atoms with Crippen molar-refractivity contribution in [3.8, 4) is 11.1 Å². The third kappa shape index (κ3) is 4.59. The van der Waals surface area contributed by atoms with E-state index in [-0.39, 0.29) is 5.91 Å². The summed E-state index contributed by atoms with van der Waals surface area (Å²) in [7, 11) is 0. The second-order valence-electron chi connectivity index (χ2n) is 7.77. The van der Waals surface area contributed by atoms with Gasteiger partial charge in [-0.15, -0.1) is 11.3 Å². The zero-order valence-corrected chi connectivity index (χ0v) is 18.8. The molecule has 2 N–H and O–H groups in total. The quantitative estimate of drug-likeness (QED) is 0.365. The summed E-state index contributed by atoms with van der Waals surface area (Å²) in [5.74, 6) is 1.10. The minimum Gasteiger partial charge on any atom is -0.369 e. The van der Waals surface area contributed by atoms with Crippen LogP contribution in [-0.4, -0.2) is 22.4 Å². The van der Waals surface area contributed by atoms with Crippen LogP contribution < -0.4 is 10.6 Å². The van der Waals surface area contributed by atoms with Crippen molar-refractivity contribution in [3.63, 3.8) is 0 Å². The summed E-state index contributed by atoms with van der Waals surface area (Å²) in [4.78, 5) is 23.6. The first kappa shape index (κ1) is 21.0. The van der Waals surface area contributed by atoms with Crippen molar-refractivity contribution in [2.24, 2.45) is 0 Å². The van der Waals surface area contributed by atoms with Gasteiger partial charge < -0.3 is 10.6 Å². The van der Waals surface area contributed by atoms with Gasteiger partial charge in [-0.05, 0) is 30.0 Å². The molecule has 0 fully saturated rings. The van der Waals surface area contributed by atoms with Crippen LogP contribution in [0.1, 0.15) is 36.6 Å². The van der Waals surface area contributed by atoms with E-state index in [1.165, 1.54) is 4.88 Å². The smallest absolute Gasteiger partial charge is 0.226 e. The van der Waals surface area contributed by atoms with Gasteiger partial charge in [0.15, 0.2) is 0 Å². The van der Waals surface area contributed by atoms with E-state index in [1.807, 2.05) is 36.4 Å². The summed E-state index contributed by atoms with van der Waals surface area (Å²) in [6.07, 6.45) is 1.93. The molecular weight excluding hydrogens is 404 g/mol. The first-order valence-electron chi connectivity index (χ1n) is 10.5. The van der Waals surface area contributed by atoms with Crippen molar-refractivity contribution in [3.05, 3.63) is 71.4 Å². The largest absolute Gasteiger partial charge is 0.369 e. The van der Waals surface area contributed by atoms with E-state index in [4.69, 9.17) is 0 Å². The molecule has 0 aliphatic heterocycles. The number of nitrogens with zero attached hydrogens (tertiary/aromatic N) is 2. The molecule has 0 atom stereocenters. The Bertz CT molecular complexity index is 1200. The zero-order chi connectivity index (χ0) is 21.8. The number of hydrogen-bond acceptors (Lipinski definition) is 5. The van der Waals surface area contributed by atoms with Crippen LogP contribution in [0.3, 0.4) is 0 Å². The zero-order valence-electron chi connectivity index (χ0n) is 18.0. The predicted octanol–water partition coefficient (Wildman–Crippen LogP) is 6.23. The molecule has 6 heteroatoms. The Morgan fingerprint density at radius 1 is 1.03 bits per heavy atom. The number of rotatable bonds is 7. The Balaban J connectivity index is 1.50. The molecule has 2 heterocycles. The standard InChI is InChI=1S/C25H26N4OS/c1-16(2)19-11-7-8-12-20(19)29-21(30)13-14-26-24-23-22(18-9-5-4-6-10-18)17(3)31-25(23)28-15-27-24/h4-12,15-16H,13-14H2,1-3H3,(H,29,30)(H,26,27,28). The number of fused-ring (bicyclic) bond motifs is 1. The van der Waals surface area contributed by atoms with Crippen LogP contribution in [0.4, 0.5) is 11.5 Å². The van der Waals surface area contributed by atoms with E-state index >= 15 is 0 Å². The fourth-order valence-corrected chi connectivity index (χ4v) is 4.76. The van der Waals surface area contributed by atoms with Gasteiger partial charge >= 0.3 is 0 Å². The predicted molar refractivity (Wildman–Crippen MR) is 130 cm³/mol. The lowest BCUT2D eigenvalue weighted by atomic mass is 10.0. The molecule has 0 saturated heterocycles. The maximum absolute atomic E-state index is 12.6. The van der Waals surface area contributed by atoms with E-state index in [0.29, 0.717) is 18.9 Å². The lowest BCUT2D eigenvalue weighted by Gasteiger charge is -2.14. The lowest BCUT2D eigenvalue weighted by Crippen LogP contribution is -2.17. The molecule has 1 amide bonds. The Kier molecular flexibility index (Phi) is 6.28. The Labute approximate surface area is 186 Å². The first-order valence-corrected chi connectivity index (χ1v) is 11.3. The summed E-state index contributed by atoms with van der Waals surface area (Å²) < 4.78 is 0. The summed E-state index contributed by atoms with van der Waals surface area (Å²) >= 11 is 1.66. The molecule has 0 aliphatic rings. The normalized spacial score (nSPS) is 11.1. The van der Waals surface area contributed by atoms with Crippen molar-refractivity contribution in [2.75, 3.05) is 17.2 Å². The molecule has 4 aromatic rings. The molecule has 4 rings (SSSR count). The molecule has 2 aromatic carbocycles.